The van der Waals surface area contributed by atoms with Crippen molar-refractivity contribution in [1.29, 1.82) is 0 Å². The molecule has 0 amide bonds. The van der Waals surface area contributed by atoms with Crippen molar-refractivity contribution in [2.24, 2.45) is 0 Å². The summed E-state index contributed by atoms with van der Waals surface area (Å²) in [5.41, 5.74) is 1.38. The van der Waals surface area contributed by atoms with Crippen LogP contribution in [0.1, 0.15) is 39.7 Å². The average molecular weight is 255 g/mol. The van der Waals surface area contributed by atoms with Crippen molar-refractivity contribution in [3.63, 3.8) is 0 Å². The minimum atomic E-state index is -0.0471. The van der Waals surface area contributed by atoms with Crippen molar-refractivity contribution in [2.45, 2.75) is 58.2 Å². The van der Waals surface area contributed by atoms with Crippen LogP contribution in [0, 0.1) is 0 Å². The van der Waals surface area contributed by atoms with Gasteiger partial charge in [-0.05, 0) is 62.9 Å². The molecule has 0 saturated carbocycles. The lowest BCUT2D eigenvalue weighted by Crippen LogP contribution is -2.40. The molecule has 2 atom stereocenters. The maximum atomic E-state index is 5.46. The highest BCUT2D eigenvalue weighted by molar-refractivity contribution is 7.07. The van der Waals surface area contributed by atoms with Gasteiger partial charge in [0.2, 0.25) is 0 Å². The maximum Gasteiger partial charge on any atom is 0.0637 e. The van der Waals surface area contributed by atoms with Gasteiger partial charge in [0.1, 0.15) is 0 Å². The largest absolute Gasteiger partial charge is 0.379 e. The molecule has 0 radical (unpaired) electrons. The molecular formula is C14H25NOS. The third-order valence-corrected chi connectivity index (χ3v) is 3.77. The van der Waals surface area contributed by atoms with E-state index in [4.69, 9.17) is 4.74 Å². The van der Waals surface area contributed by atoms with Crippen LogP contribution in [-0.2, 0) is 11.2 Å². The number of hydrogen-bond acceptors (Lipinski definition) is 3. The number of ether oxygens (including phenoxy) is 1. The van der Waals surface area contributed by atoms with Crippen molar-refractivity contribution in [3.05, 3.63) is 22.4 Å². The van der Waals surface area contributed by atoms with Crippen molar-refractivity contribution < 1.29 is 4.74 Å². The second-order valence-electron chi connectivity index (χ2n) is 5.47. The fraction of sp³-hybridized carbons (Fsp3) is 0.714. The molecule has 1 rings (SSSR count). The van der Waals surface area contributed by atoms with E-state index in [1.807, 2.05) is 0 Å². The van der Waals surface area contributed by atoms with Crippen LogP contribution in [-0.4, -0.2) is 24.8 Å². The van der Waals surface area contributed by atoms with Gasteiger partial charge in [-0.2, -0.15) is 11.3 Å². The van der Waals surface area contributed by atoms with Crippen molar-refractivity contribution in [1.82, 2.24) is 5.32 Å². The van der Waals surface area contributed by atoms with E-state index in [9.17, 15) is 0 Å². The predicted molar refractivity (Wildman–Crippen MR) is 75.8 cm³/mol. The summed E-state index contributed by atoms with van der Waals surface area (Å²) in [6, 6.07) is 3.18. The molecule has 17 heavy (non-hydrogen) atoms. The summed E-state index contributed by atoms with van der Waals surface area (Å²) < 4.78 is 5.46. The van der Waals surface area contributed by atoms with E-state index < -0.39 is 0 Å². The summed E-state index contributed by atoms with van der Waals surface area (Å²) in [4.78, 5) is 0. The molecule has 0 spiro atoms. The van der Waals surface area contributed by atoms with E-state index in [2.05, 4.69) is 49.8 Å². The third kappa shape index (κ3) is 5.66. The smallest absolute Gasteiger partial charge is 0.0637 e. The Morgan fingerprint density at radius 1 is 1.35 bits per heavy atom. The van der Waals surface area contributed by atoms with E-state index in [1.165, 1.54) is 5.56 Å². The number of nitrogens with one attached hydrogen (secondary N) is 1. The average Bonchev–Trinajstić information content (AvgIpc) is 2.69. The summed E-state index contributed by atoms with van der Waals surface area (Å²) in [7, 11) is 1.78. The Hall–Kier alpha value is -0.380. The van der Waals surface area contributed by atoms with Gasteiger partial charge in [0.15, 0.2) is 0 Å². The first-order valence-corrected chi connectivity index (χ1v) is 7.19. The van der Waals surface area contributed by atoms with Crippen LogP contribution in [0.3, 0.4) is 0 Å². The number of rotatable bonds is 7. The molecular weight excluding hydrogens is 230 g/mol. The zero-order valence-corrected chi connectivity index (χ0v) is 12.4. The van der Waals surface area contributed by atoms with Crippen molar-refractivity contribution in [2.75, 3.05) is 7.11 Å². The van der Waals surface area contributed by atoms with Gasteiger partial charge < -0.3 is 10.1 Å². The first-order valence-electron chi connectivity index (χ1n) is 6.25. The second kappa shape index (κ2) is 6.53. The number of thiophene rings is 1. The van der Waals surface area contributed by atoms with Crippen LogP contribution in [0.15, 0.2) is 16.8 Å². The van der Waals surface area contributed by atoms with Gasteiger partial charge in [0.05, 0.1) is 5.60 Å². The predicted octanol–water partition coefficient (Wildman–Crippen LogP) is 3.47. The van der Waals surface area contributed by atoms with E-state index in [0.29, 0.717) is 12.1 Å². The lowest BCUT2D eigenvalue weighted by molar-refractivity contribution is 0.00786. The van der Waals surface area contributed by atoms with E-state index in [1.54, 1.807) is 18.4 Å². The van der Waals surface area contributed by atoms with Crippen molar-refractivity contribution >= 4 is 11.3 Å². The molecule has 0 aliphatic rings. The fourth-order valence-electron chi connectivity index (χ4n) is 2.19. The van der Waals surface area contributed by atoms with Crippen LogP contribution in [0.25, 0.3) is 0 Å². The molecule has 3 heteroatoms. The monoisotopic (exact) mass is 255 g/mol. The summed E-state index contributed by atoms with van der Waals surface area (Å²) in [6.45, 7) is 8.74. The topological polar surface area (TPSA) is 21.3 Å². The molecule has 0 fully saturated rings. The Morgan fingerprint density at radius 2 is 2.06 bits per heavy atom. The first kappa shape index (κ1) is 14.7. The standard InChI is InChI=1S/C14H25NOS/c1-11(8-13-6-7-17-10-13)15-12(2)9-14(3,4)16-5/h6-7,10-12,15H,8-9H2,1-5H3. The molecule has 1 N–H and O–H groups in total. The highest BCUT2D eigenvalue weighted by Crippen LogP contribution is 2.16. The van der Waals surface area contributed by atoms with Gasteiger partial charge >= 0.3 is 0 Å². The Bertz CT molecular complexity index is 308. The molecule has 1 aromatic rings. The fourth-order valence-corrected chi connectivity index (χ4v) is 2.87. The molecule has 0 aliphatic heterocycles. The Morgan fingerprint density at radius 3 is 2.59 bits per heavy atom. The SMILES string of the molecule is COC(C)(C)CC(C)NC(C)Cc1ccsc1. The van der Waals surface area contributed by atoms with Gasteiger partial charge in [-0.15, -0.1) is 0 Å². The first-order chi connectivity index (χ1) is 7.93. The van der Waals surface area contributed by atoms with E-state index in [0.717, 1.165) is 12.8 Å². The molecule has 2 nitrogen and oxygen atoms in total. The van der Waals surface area contributed by atoms with Gasteiger partial charge in [0.25, 0.3) is 0 Å². The van der Waals surface area contributed by atoms with E-state index in [-0.39, 0.29) is 5.60 Å². The molecule has 0 bridgehead atoms. The highest BCUT2D eigenvalue weighted by atomic mass is 32.1. The molecule has 2 unspecified atom stereocenters. The zero-order valence-electron chi connectivity index (χ0n) is 11.6. The Balaban J connectivity index is 2.33. The van der Waals surface area contributed by atoms with Crippen molar-refractivity contribution in [3.8, 4) is 0 Å². The molecule has 0 saturated heterocycles. The third-order valence-electron chi connectivity index (χ3n) is 3.04. The molecule has 1 heterocycles. The van der Waals surface area contributed by atoms with Gasteiger partial charge in [0, 0.05) is 19.2 Å². The van der Waals surface area contributed by atoms with E-state index >= 15 is 0 Å². The second-order valence-corrected chi connectivity index (χ2v) is 6.25. The van der Waals surface area contributed by atoms with Gasteiger partial charge in [-0.3, -0.25) is 0 Å². The minimum Gasteiger partial charge on any atom is -0.379 e. The highest BCUT2D eigenvalue weighted by Gasteiger charge is 2.20. The van der Waals surface area contributed by atoms with Gasteiger partial charge in [-0.25, -0.2) is 0 Å². The molecule has 98 valence electrons. The lowest BCUT2D eigenvalue weighted by atomic mass is 9.99. The molecule has 0 aromatic carbocycles. The van der Waals surface area contributed by atoms with Crippen LogP contribution in [0.5, 0.6) is 0 Å². The number of hydrogen-bond donors (Lipinski definition) is 1. The molecule has 0 aliphatic carbocycles. The summed E-state index contributed by atoms with van der Waals surface area (Å²) in [6.07, 6.45) is 2.12. The Kier molecular flexibility index (Phi) is 5.63. The normalized spacial score (nSPS) is 15.8. The number of methoxy groups -OCH3 is 1. The van der Waals surface area contributed by atoms with Crippen LogP contribution in [0.2, 0.25) is 0 Å². The maximum absolute atomic E-state index is 5.46. The van der Waals surface area contributed by atoms with Crippen LogP contribution >= 0.6 is 11.3 Å². The summed E-state index contributed by atoms with van der Waals surface area (Å²) in [5.74, 6) is 0. The lowest BCUT2D eigenvalue weighted by Gasteiger charge is -2.29. The van der Waals surface area contributed by atoms with Crippen LogP contribution in [0.4, 0.5) is 0 Å². The van der Waals surface area contributed by atoms with Crippen LogP contribution < -0.4 is 5.32 Å². The minimum absolute atomic E-state index is 0.0471. The molecule has 1 aromatic heterocycles. The van der Waals surface area contributed by atoms with Gasteiger partial charge in [-0.1, -0.05) is 0 Å². The summed E-state index contributed by atoms with van der Waals surface area (Å²) in [5, 5.41) is 8.00. The zero-order chi connectivity index (χ0) is 12.9. The summed E-state index contributed by atoms with van der Waals surface area (Å²) >= 11 is 1.77. The Labute approximate surface area is 109 Å². The quantitative estimate of drug-likeness (QED) is 0.805.